The van der Waals surface area contributed by atoms with E-state index in [1.165, 1.54) is 0 Å². The van der Waals surface area contributed by atoms with E-state index in [-0.39, 0.29) is 11.4 Å². The van der Waals surface area contributed by atoms with Crippen LogP contribution >= 0.6 is 0 Å². The molecule has 0 amide bonds. The molecule has 0 aromatic heterocycles. The summed E-state index contributed by atoms with van der Waals surface area (Å²) in [5.41, 5.74) is 0. The van der Waals surface area contributed by atoms with Crippen molar-refractivity contribution in [3.63, 3.8) is 0 Å². The lowest BCUT2D eigenvalue weighted by molar-refractivity contribution is 0.317. The molecule has 0 bridgehead atoms. The second-order valence-electron chi connectivity index (χ2n) is 3.95. The van der Waals surface area contributed by atoms with Gasteiger partial charge in [-0.1, -0.05) is 0 Å². The van der Waals surface area contributed by atoms with Crippen molar-refractivity contribution in [3.8, 4) is 0 Å². The molecular formula is C10H15O2S. The van der Waals surface area contributed by atoms with Crippen molar-refractivity contribution in [1.82, 2.24) is 0 Å². The zero-order valence-corrected chi connectivity index (χ0v) is 9.02. The Labute approximate surface area is 83.2 Å². The third-order valence-electron chi connectivity index (χ3n) is 1.79. The molecule has 1 atom stereocenters. The fraction of sp³-hybridized carbons (Fsp3) is 0.500. The summed E-state index contributed by atoms with van der Waals surface area (Å²) in [5, 5.41) is 9.75. The van der Waals surface area contributed by atoms with E-state index in [4.69, 9.17) is 5.11 Å². The molecule has 5 radical (unpaired) electrons. The first-order valence-corrected chi connectivity index (χ1v) is 5.39. The molecule has 1 aliphatic rings. The van der Waals surface area contributed by atoms with Crippen LogP contribution < -0.4 is 0 Å². The van der Waals surface area contributed by atoms with Gasteiger partial charge in [-0.25, -0.2) is 0 Å². The SMILES string of the molecule is CC(C)(C)[S@](=O)[C]1[CH][CH][CH][C]1CO. The van der Waals surface area contributed by atoms with Crippen molar-refractivity contribution in [2.75, 3.05) is 6.61 Å². The van der Waals surface area contributed by atoms with E-state index >= 15 is 0 Å². The van der Waals surface area contributed by atoms with Crippen LogP contribution in [0.3, 0.4) is 0 Å². The normalized spacial score (nSPS) is 23.7. The van der Waals surface area contributed by atoms with Crippen LogP contribution in [0.4, 0.5) is 0 Å². The quantitative estimate of drug-likeness (QED) is 0.727. The maximum Gasteiger partial charge on any atom is 0.0767 e. The van der Waals surface area contributed by atoms with Crippen molar-refractivity contribution in [2.45, 2.75) is 25.5 Å². The van der Waals surface area contributed by atoms with Crippen molar-refractivity contribution in [3.05, 3.63) is 30.4 Å². The minimum Gasteiger partial charge on any atom is -0.396 e. The molecule has 1 aliphatic carbocycles. The number of rotatable bonds is 2. The Balaban J connectivity index is 2.66. The number of hydrogen-bond acceptors (Lipinski definition) is 2. The summed E-state index contributed by atoms with van der Waals surface area (Å²) in [4.78, 5) is 0. The standard InChI is InChI=1S/C10H15O2S/c1-10(2,3)13(12)9-6-4-5-8(9)7-11/h4-6,11H,7H2,1-3H3/t13-/m1/s1. The van der Waals surface area contributed by atoms with Gasteiger partial charge in [0.15, 0.2) is 0 Å². The van der Waals surface area contributed by atoms with Crippen LogP contribution in [0.25, 0.3) is 0 Å². The van der Waals surface area contributed by atoms with E-state index in [9.17, 15) is 4.21 Å². The molecule has 1 fully saturated rings. The van der Waals surface area contributed by atoms with Crippen LogP contribution in [0.2, 0.25) is 0 Å². The summed E-state index contributed by atoms with van der Waals surface area (Å²) in [7, 11) is -1.04. The highest BCUT2D eigenvalue weighted by Gasteiger charge is 2.38. The molecule has 0 heterocycles. The van der Waals surface area contributed by atoms with Gasteiger partial charge in [0.05, 0.1) is 11.9 Å². The van der Waals surface area contributed by atoms with Gasteiger partial charge in [-0.2, -0.15) is 0 Å². The van der Waals surface area contributed by atoms with Gasteiger partial charge in [-0.05, 0) is 40.0 Å². The van der Waals surface area contributed by atoms with Crippen molar-refractivity contribution in [1.29, 1.82) is 0 Å². The Kier molecular flexibility index (Phi) is 3.52. The number of aliphatic hydroxyl groups excluding tert-OH is 1. The van der Waals surface area contributed by atoms with Crippen LogP contribution in [0.1, 0.15) is 20.8 Å². The molecule has 2 nitrogen and oxygen atoms in total. The molecule has 1 N–H and O–H groups in total. The average Bonchev–Trinajstić information content (AvgIpc) is 2.48. The van der Waals surface area contributed by atoms with Gasteiger partial charge >= 0.3 is 0 Å². The van der Waals surface area contributed by atoms with Crippen LogP contribution in [-0.4, -0.2) is 20.7 Å². The zero-order valence-electron chi connectivity index (χ0n) is 8.20. The van der Waals surface area contributed by atoms with Gasteiger partial charge in [-0.15, -0.1) is 0 Å². The van der Waals surface area contributed by atoms with Crippen molar-refractivity contribution >= 4 is 10.8 Å². The lowest BCUT2D eigenvalue weighted by Crippen LogP contribution is -2.29. The van der Waals surface area contributed by atoms with E-state index in [0.29, 0.717) is 0 Å². The molecule has 3 heteroatoms. The Bertz CT molecular complexity index is 196. The third-order valence-corrected chi connectivity index (χ3v) is 3.70. The highest BCUT2D eigenvalue weighted by atomic mass is 32.2. The highest BCUT2D eigenvalue weighted by Crippen LogP contribution is 2.38. The lowest BCUT2D eigenvalue weighted by Gasteiger charge is -2.24. The predicted molar refractivity (Wildman–Crippen MR) is 54.4 cm³/mol. The highest BCUT2D eigenvalue weighted by molar-refractivity contribution is 7.89. The summed E-state index contributed by atoms with van der Waals surface area (Å²) < 4.78 is 11.6. The van der Waals surface area contributed by atoms with Crippen LogP contribution in [0.5, 0.6) is 0 Å². The third kappa shape index (κ3) is 2.53. The first-order chi connectivity index (χ1) is 5.96. The lowest BCUT2D eigenvalue weighted by atomic mass is 10.1. The molecule has 1 rings (SSSR count). The smallest absolute Gasteiger partial charge is 0.0767 e. The van der Waals surface area contributed by atoms with E-state index < -0.39 is 10.8 Å². The molecule has 0 spiro atoms. The Hall–Kier alpha value is 0.110. The topological polar surface area (TPSA) is 37.3 Å². The summed E-state index contributed by atoms with van der Waals surface area (Å²) in [5.74, 6) is 0.772. The van der Waals surface area contributed by atoms with Crippen LogP contribution in [0, 0.1) is 30.4 Å². The largest absolute Gasteiger partial charge is 0.396 e. The van der Waals surface area contributed by atoms with Crippen LogP contribution in [-0.2, 0) is 10.8 Å². The summed E-state index contributed by atoms with van der Waals surface area (Å²) in [6.07, 6.45) is 5.44. The monoisotopic (exact) mass is 199 g/mol. The summed E-state index contributed by atoms with van der Waals surface area (Å²) in [6.45, 7) is 5.75. The molecular weight excluding hydrogens is 184 g/mol. The molecule has 0 aromatic carbocycles. The zero-order chi connectivity index (χ0) is 10.1. The molecule has 0 unspecified atom stereocenters. The summed E-state index contributed by atoms with van der Waals surface area (Å²) in [6, 6.07) is 0. The molecule has 73 valence electrons. The second kappa shape index (κ2) is 4.09. The Morgan fingerprint density at radius 3 is 2.46 bits per heavy atom. The van der Waals surface area contributed by atoms with Crippen molar-refractivity contribution < 1.29 is 9.32 Å². The Morgan fingerprint density at radius 1 is 1.38 bits per heavy atom. The van der Waals surface area contributed by atoms with Crippen LogP contribution in [0.15, 0.2) is 0 Å². The molecule has 13 heavy (non-hydrogen) atoms. The van der Waals surface area contributed by atoms with Gasteiger partial charge in [0.25, 0.3) is 0 Å². The predicted octanol–water partition coefficient (Wildman–Crippen LogP) is 1.26. The number of aliphatic hydroxyl groups is 1. The van der Waals surface area contributed by atoms with Gasteiger partial charge in [-0.3, -0.25) is 4.21 Å². The molecule has 0 saturated heterocycles. The average molecular weight is 199 g/mol. The first kappa shape index (κ1) is 11.2. The fourth-order valence-electron chi connectivity index (χ4n) is 1.08. The van der Waals surface area contributed by atoms with Crippen molar-refractivity contribution in [2.24, 2.45) is 0 Å². The fourth-order valence-corrected chi connectivity index (χ4v) is 2.31. The number of hydrogen-bond donors (Lipinski definition) is 1. The maximum atomic E-state index is 11.9. The molecule has 1 saturated carbocycles. The minimum atomic E-state index is -1.04. The Morgan fingerprint density at radius 2 is 2.00 bits per heavy atom. The molecule has 0 aliphatic heterocycles. The van der Waals surface area contributed by atoms with Gasteiger partial charge in [0.2, 0.25) is 0 Å². The van der Waals surface area contributed by atoms with Gasteiger partial charge in [0.1, 0.15) is 0 Å². The summed E-state index contributed by atoms with van der Waals surface area (Å²) >= 11 is 0. The van der Waals surface area contributed by atoms with E-state index in [1.54, 1.807) is 6.42 Å². The first-order valence-electron chi connectivity index (χ1n) is 4.24. The van der Waals surface area contributed by atoms with E-state index in [0.717, 1.165) is 11.2 Å². The molecule has 0 aromatic rings. The van der Waals surface area contributed by atoms with E-state index in [2.05, 4.69) is 0 Å². The minimum absolute atomic E-state index is 0.0375. The van der Waals surface area contributed by atoms with Gasteiger partial charge < -0.3 is 5.11 Å². The second-order valence-corrected chi connectivity index (χ2v) is 6.16. The maximum absolute atomic E-state index is 11.9. The van der Waals surface area contributed by atoms with Gasteiger partial charge in [0, 0.05) is 21.5 Å². The van der Waals surface area contributed by atoms with E-state index in [1.807, 2.05) is 33.6 Å².